The highest BCUT2D eigenvalue weighted by molar-refractivity contribution is 5.97. The van der Waals surface area contributed by atoms with Gasteiger partial charge in [-0.25, -0.2) is 4.98 Å². The van der Waals surface area contributed by atoms with Gasteiger partial charge in [0.25, 0.3) is 11.8 Å². The number of nitrogens with zero attached hydrogens (tertiary/aromatic N) is 6. The summed E-state index contributed by atoms with van der Waals surface area (Å²) >= 11 is 0. The lowest BCUT2D eigenvalue weighted by Crippen LogP contribution is -2.48. The smallest absolute Gasteiger partial charge is 0.253 e. The molecule has 2 aliphatic heterocycles. The van der Waals surface area contributed by atoms with Gasteiger partial charge >= 0.3 is 0 Å². The Labute approximate surface area is 199 Å². The second kappa shape index (κ2) is 9.27. The number of hydrogen-bond acceptors (Lipinski definition) is 5. The molecular weight excluding hydrogens is 428 g/mol. The van der Waals surface area contributed by atoms with E-state index in [4.69, 9.17) is 10.2 Å². The van der Waals surface area contributed by atoms with E-state index in [2.05, 4.69) is 15.5 Å². The first kappa shape index (κ1) is 22.1. The molecule has 5 rings (SSSR count). The third-order valence-electron chi connectivity index (χ3n) is 6.90. The Bertz CT molecular complexity index is 1260. The maximum Gasteiger partial charge on any atom is 0.253 e. The van der Waals surface area contributed by atoms with Crippen molar-refractivity contribution in [2.45, 2.75) is 19.4 Å². The first-order valence-corrected chi connectivity index (χ1v) is 11.8. The average Bonchev–Trinajstić information content (AvgIpc) is 3.52. The summed E-state index contributed by atoms with van der Waals surface area (Å²) in [6.45, 7) is 5.20. The highest BCUT2D eigenvalue weighted by atomic mass is 16.2. The summed E-state index contributed by atoms with van der Waals surface area (Å²) in [5, 5.41) is 8.94. The third kappa shape index (κ3) is 4.27. The fourth-order valence-electron chi connectivity index (χ4n) is 4.81. The number of nitriles is 1. The zero-order valence-corrected chi connectivity index (χ0v) is 19.4. The van der Waals surface area contributed by atoms with Crippen LogP contribution in [0.5, 0.6) is 0 Å². The van der Waals surface area contributed by atoms with Crippen molar-refractivity contribution in [3.05, 3.63) is 65.0 Å². The van der Waals surface area contributed by atoms with Crippen LogP contribution in [-0.2, 0) is 13.6 Å². The summed E-state index contributed by atoms with van der Waals surface area (Å²) in [5.41, 5.74) is 3.73. The number of likely N-dealkylation sites (tertiary alicyclic amines) is 1. The quantitative estimate of drug-likeness (QED) is 0.603. The van der Waals surface area contributed by atoms with Crippen LogP contribution >= 0.6 is 0 Å². The Balaban J connectivity index is 1.23. The molecule has 0 bridgehead atoms. The number of carbonyl (C=O) groups excluding carboxylic acids is 2. The Morgan fingerprint density at radius 1 is 0.882 bits per heavy atom. The zero-order valence-electron chi connectivity index (χ0n) is 19.4. The van der Waals surface area contributed by atoms with Crippen LogP contribution in [0, 0.1) is 11.3 Å². The summed E-state index contributed by atoms with van der Waals surface area (Å²) in [4.78, 5) is 36.5. The van der Waals surface area contributed by atoms with Crippen LogP contribution in [0.1, 0.15) is 44.9 Å². The van der Waals surface area contributed by atoms with E-state index in [1.54, 1.807) is 24.3 Å². The van der Waals surface area contributed by atoms with Gasteiger partial charge in [-0.15, -0.1) is 0 Å². The van der Waals surface area contributed by atoms with Crippen molar-refractivity contribution in [1.29, 1.82) is 5.26 Å². The largest absolute Gasteiger partial charge is 0.339 e. The van der Waals surface area contributed by atoms with Gasteiger partial charge in [0.05, 0.1) is 29.2 Å². The molecule has 2 amide bonds. The third-order valence-corrected chi connectivity index (χ3v) is 6.90. The first-order chi connectivity index (χ1) is 16.5. The molecule has 0 aliphatic carbocycles. The van der Waals surface area contributed by atoms with Gasteiger partial charge in [0.1, 0.15) is 5.82 Å². The van der Waals surface area contributed by atoms with E-state index >= 15 is 0 Å². The zero-order chi connectivity index (χ0) is 23.7. The second-order valence-electron chi connectivity index (χ2n) is 9.05. The number of rotatable bonds is 4. The second-order valence-corrected chi connectivity index (χ2v) is 9.05. The molecule has 1 aromatic heterocycles. The van der Waals surface area contributed by atoms with E-state index in [1.165, 1.54) is 0 Å². The number of aryl methyl sites for hydroxylation is 1. The molecule has 0 atom stereocenters. The number of amides is 2. The summed E-state index contributed by atoms with van der Waals surface area (Å²) in [6.07, 6.45) is 2.15. The van der Waals surface area contributed by atoms with E-state index in [9.17, 15) is 9.59 Å². The summed E-state index contributed by atoms with van der Waals surface area (Å²) < 4.78 is 2.09. The average molecular weight is 457 g/mol. The van der Waals surface area contributed by atoms with Gasteiger partial charge in [0.15, 0.2) is 0 Å². The Kier molecular flexibility index (Phi) is 6.03. The Hall–Kier alpha value is -3.70. The van der Waals surface area contributed by atoms with Crippen molar-refractivity contribution in [2.75, 3.05) is 39.3 Å². The number of hydrogen-bond donors (Lipinski definition) is 0. The molecule has 8 heteroatoms. The molecule has 174 valence electrons. The summed E-state index contributed by atoms with van der Waals surface area (Å²) in [7, 11) is 2.01. The molecule has 0 spiro atoms. The maximum absolute atomic E-state index is 12.8. The van der Waals surface area contributed by atoms with Crippen LogP contribution in [0.3, 0.4) is 0 Å². The van der Waals surface area contributed by atoms with Gasteiger partial charge in [-0.1, -0.05) is 0 Å². The molecule has 0 saturated carbocycles. The lowest BCUT2D eigenvalue weighted by atomic mass is 10.1. The van der Waals surface area contributed by atoms with Gasteiger partial charge < -0.3 is 14.4 Å². The number of piperazine rings is 1. The van der Waals surface area contributed by atoms with Crippen LogP contribution in [0.25, 0.3) is 11.0 Å². The lowest BCUT2D eigenvalue weighted by molar-refractivity contribution is 0.0624. The highest BCUT2D eigenvalue weighted by Gasteiger charge is 2.24. The van der Waals surface area contributed by atoms with Crippen LogP contribution in [-0.4, -0.2) is 75.3 Å². The molecule has 2 saturated heterocycles. The minimum absolute atomic E-state index is 0.00192. The predicted octanol–water partition coefficient (Wildman–Crippen LogP) is 2.64. The van der Waals surface area contributed by atoms with Crippen molar-refractivity contribution < 1.29 is 9.59 Å². The summed E-state index contributed by atoms with van der Waals surface area (Å²) in [6, 6.07) is 14.7. The van der Waals surface area contributed by atoms with E-state index in [0.29, 0.717) is 36.3 Å². The first-order valence-electron chi connectivity index (χ1n) is 11.8. The van der Waals surface area contributed by atoms with Crippen LogP contribution < -0.4 is 0 Å². The van der Waals surface area contributed by atoms with Crippen molar-refractivity contribution in [2.24, 2.45) is 7.05 Å². The van der Waals surface area contributed by atoms with Crippen LogP contribution in [0.15, 0.2) is 42.5 Å². The monoisotopic (exact) mass is 456 g/mol. The van der Waals surface area contributed by atoms with Crippen molar-refractivity contribution in [3.8, 4) is 6.07 Å². The normalized spacial score (nSPS) is 16.7. The Morgan fingerprint density at radius 2 is 1.50 bits per heavy atom. The van der Waals surface area contributed by atoms with Gasteiger partial charge in [-0.05, 0) is 55.3 Å². The SMILES string of the molecule is Cn1c(CN2CCN(C(=O)c3ccc(C#N)cc3)CC2)nc2cc(C(=O)N3CCCC3)ccc21. The lowest BCUT2D eigenvalue weighted by Gasteiger charge is -2.34. The number of fused-ring (bicyclic) bond motifs is 1. The summed E-state index contributed by atoms with van der Waals surface area (Å²) in [5.74, 6) is 1.05. The molecule has 2 aromatic carbocycles. The van der Waals surface area contributed by atoms with Gasteiger partial charge in [-0.3, -0.25) is 14.5 Å². The molecule has 2 aliphatic rings. The highest BCUT2D eigenvalue weighted by Crippen LogP contribution is 2.21. The van der Waals surface area contributed by atoms with Crippen LogP contribution in [0.4, 0.5) is 0 Å². The van der Waals surface area contributed by atoms with Crippen molar-refractivity contribution >= 4 is 22.8 Å². The standard InChI is InChI=1S/C26H28N6O2/c1-29-23-9-8-21(26(34)31-10-2-3-11-31)16-22(23)28-24(29)18-30-12-14-32(15-13-30)25(33)20-6-4-19(17-27)5-7-20/h4-9,16H,2-3,10-15,18H2,1H3. The number of aromatic nitrogens is 2. The van der Waals surface area contributed by atoms with Crippen molar-refractivity contribution in [1.82, 2.24) is 24.3 Å². The number of imidazole rings is 1. The predicted molar refractivity (Wildman–Crippen MR) is 128 cm³/mol. The van der Waals surface area contributed by atoms with Gasteiger partial charge in [0, 0.05) is 57.4 Å². The van der Waals surface area contributed by atoms with E-state index in [-0.39, 0.29) is 11.8 Å². The minimum atomic E-state index is 0.00192. The molecular formula is C26H28N6O2. The molecule has 0 unspecified atom stereocenters. The van der Waals surface area contributed by atoms with E-state index in [0.717, 1.165) is 55.9 Å². The minimum Gasteiger partial charge on any atom is -0.339 e. The van der Waals surface area contributed by atoms with E-state index in [1.807, 2.05) is 35.0 Å². The molecule has 3 heterocycles. The topological polar surface area (TPSA) is 85.5 Å². The molecule has 0 radical (unpaired) electrons. The van der Waals surface area contributed by atoms with E-state index < -0.39 is 0 Å². The molecule has 34 heavy (non-hydrogen) atoms. The fraction of sp³-hybridized carbons (Fsp3) is 0.385. The molecule has 0 N–H and O–H groups in total. The Morgan fingerprint density at radius 3 is 2.18 bits per heavy atom. The van der Waals surface area contributed by atoms with Crippen molar-refractivity contribution in [3.63, 3.8) is 0 Å². The molecule has 3 aromatic rings. The molecule has 2 fully saturated rings. The number of benzene rings is 2. The molecule has 8 nitrogen and oxygen atoms in total. The fourth-order valence-corrected chi connectivity index (χ4v) is 4.81. The number of carbonyl (C=O) groups is 2. The maximum atomic E-state index is 12.8. The van der Waals surface area contributed by atoms with Crippen LogP contribution in [0.2, 0.25) is 0 Å². The van der Waals surface area contributed by atoms with Gasteiger partial charge in [-0.2, -0.15) is 5.26 Å². The van der Waals surface area contributed by atoms with Gasteiger partial charge in [0.2, 0.25) is 0 Å².